The number of hydrogen-bond acceptors (Lipinski definition) is 4. The van der Waals surface area contributed by atoms with Crippen molar-refractivity contribution in [1.29, 1.82) is 0 Å². The Labute approximate surface area is 380 Å². The Morgan fingerprint density at radius 3 is 1.71 bits per heavy atom. The Balaban J connectivity index is 1.02. The van der Waals surface area contributed by atoms with Crippen molar-refractivity contribution in [2.75, 3.05) is 9.80 Å². The van der Waals surface area contributed by atoms with E-state index in [1.165, 1.54) is 64.7 Å². The van der Waals surface area contributed by atoms with Gasteiger partial charge in [-0.3, -0.25) is 0 Å². The number of nitrogens with zero attached hydrogens (tertiary/aromatic N) is 2. The molecule has 2 aliphatic carbocycles. The van der Waals surface area contributed by atoms with Crippen LogP contribution in [-0.4, -0.2) is 0 Å². The lowest BCUT2D eigenvalue weighted by molar-refractivity contribution is 0.669. The number of hydrogen-bond donors (Lipinski definition) is 0. The minimum absolute atomic E-state index is 0.577. The molecule has 0 saturated heterocycles. The number of fused-ring (bicyclic) bond motifs is 16. The van der Waals surface area contributed by atoms with Gasteiger partial charge in [-0.15, -0.1) is 11.3 Å². The van der Waals surface area contributed by atoms with Crippen LogP contribution in [-0.2, 0) is 5.41 Å². The maximum Gasteiger partial charge on any atom is 0.135 e. The minimum Gasteiger partial charge on any atom is -0.456 e. The third-order valence-electron chi connectivity index (χ3n) is 13.8. The van der Waals surface area contributed by atoms with Crippen LogP contribution in [0.15, 0.2) is 235 Å². The summed E-state index contributed by atoms with van der Waals surface area (Å²) in [5.74, 6) is 0. The third-order valence-corrected chi connectivity index (χ3v) is 15.0. The molecule has 304 valence electrons. The number of anilines is 6. The molecule has 14 rings (SSSR count). The van der Waals surface area contributed by atoms with E-state index in [0.717, 1.165) is 56.1 Å². The summed E-state index contributed by atoms with van der Waals surface area (Å²) in [6.07, 6.45) is 0. The molecule has 3 nitrogen and oxygen atoms in total. The minimum atomic E-state index is -0.577. The van der Waals surface area contributed by atoms with Crippen LogP contribution in [0.3, 0.4) is 0 Å². The molecule has 4 heteroatoms. The van der Waals surface area contributed by atoms with E-state index >= 15 is 0 Å². The first-order valence-electron chi connectivity index (χ1n) is 22.2. The highest BCUT2D eigenvalue weighted by atomic mass is 32.1. The summed E-state index contributed by atoms with van der Waals surface area (Å²) >= 11 is 1.86. The first kappa shape index (κ1) is 36.3. The topological polar surface area (TPSA) is 19.6 Å². The van der Waals surface area contributed by atoms with Gasteiger partial charge >= 0.3 is 0 Å². The van der Waals surface area contributed by atoms with Gasteiger partial charge in [0, 0.05) is 64.9 Å². The third kappa shape index (κ3) is 5.17. The molecular formula is C61H38N2OS. The standard InChI is InChI=1S/C61H38N2OS/c1-3-16-39(17-4-1)62(41-31-34-57-49(36-41)46-21-9-13-28-56(46)64-57)43-30-33-45-44-20-7-11-24-51(44)61(54(45)38-43)52-25-12-8-23-48(52)60-53(61)26-15-27-55(60)63(40-18-5-2-6-19-40)42-32-35-59-50(37-42)47-22-10-14-29-58(47)65-59/h1-38H. The molecule has 0 saturated carbocycles. The average Bonchev–Trinajstić information content (AvgIpc) is 4.10. The highest BCUT2D eigenvalue weighted by Crippen LogP contribution is 2.65. The Morgan fingerprint density at radius 2 is 0.877 bits per heavy atom. The smallest absolute Gasteiger partial charge is 0.135 e. The number of thiophene rings is 1. The molecule has 0 fully saturated rings. The molecule has 2 aromatic heterocycles. The summed E-state index contributed by atoms with van der Waals surface area (Å²) in [5.41, 5.74) is 18.1. The molecule has 1 atom stereocenters. The van der Waals surface area contributed by atoms with Crippen molar-refractivity contribution in [1.82, 2.24) is 0 Å². The summed E-state index contributed by atoms with van der Waals surface area (Å²) in [6.45, 7) is 0. The molecule has 0 aliphatic heterocycles. The Kier molecular flexibility index (Phi) is 7.77. The van der Waals surface area contributed by atoms with E-state index in [4.69, 9.17) is 4.42 Å². The summed E-state index contributed by atoms with van der Waals surface area (Å²) in [6, 6.07) is 84.7. The van der Waals surface area contributed by atoms with E-state index < -0.39 is 5.41 Å². The van der Waals surface area contributed by atoms with Crippen LogP contribution in [0.4, 0.5) is 34.1 Å². The molecule has 0 amide bonds. The van der Waals surface area contributed by atoms with Crippen LogP contribution in [0, 0.1) is 0 Å². The average molecular weight is 847 g/mol. The molecule has 2 heterocycles. The fraction of sp³-hybridized carbons (Fsp3) is 0.0164. The zero-order chi connectivity index (χ0) is 42.6. The Morgan fingerprint density at radius 1 is 0.323 bits per heavy atom. The predicted octanol–water partition coefficient (Wildman–Crippen LogP) is 17.2. The number of benzene rings is 10. The van der Waals surface area contributed by atoms with E-state index in [1.807, 2.05) is 23.5 Å². The van der Waals surface area contributed by atoms with Gasteiger partial charge < -0.3 is 14.2 Å². The van der Waals surface area contributed by atoms with E-state index in [1.54, 1.807) is 0 Å². The van der Waals surface area contributed by atoms with Crippen LogP contribution in [0.5, 0.6) is 0 Å². The van der Waals surface area contributed by atoms with Gasteiger partial charge in [0.1, 0.15) is 11.2 Å². The van der Waals surface area contributed by atoms with Crippen LogP contribution in [0.25, 0.3) is 64.4 Å². The van der Waals surface area contributed by atoms with Gasteiger partial charge in [-0.1, -0.05) is 140 Å². The van der Waals surface area contributed by atoms with Crippen molar-refractivity contribution < 1.29 is 4.42 Å². The molecule has 65 heavy (non-hydrogen) atoms. The zero-order valence-corrected chi connectivity index (χ0v) is 36.0. The lowest BCUT2D eigenvalue weighted by Crippen LogP contribution is -2.26. The molecular weight excluding hydrogens is 809 g/mol. The summed E-state index contributed by atoms with van der Waals surface area (Å²) in [4.78, 5) is 4.88. The fourth-order valence-electron chi connectivity index (χ4n) is 11.2. The van der Waals surface area contributed by atoms with Crippen molar-refractivity contribution >= 4 is 87.6 Å². The Hall–Kier alpha value is -8.18. The van der Waals surface area contributed by atoms with Crippen LogP contribution >= 0.6 is 11.3 Å². The highest BCUT2D eigenvalue weighted by molar-refractivity contribution is 7.25. The van der Waals surface area contributed by atoms with Gasteiger partial charge in [0.05, 0.1) is 11.1 Å². The summed E-state index contributed by atoms with van der Waals surface area (Å²) in [5, 5.41) is 4.79. The van der Waals surface area contributed by atoms with Crippen molar-refractivity contribution in [3.8, 4) is 22.3 Å². The second kappa shape index (κ2) is 13.9. The van der Waals surface area contributed by atoms with Crippen molar-refractivity contribution in [2.24, 2.45) is 0 Å². The molecule has 0 N–H and O–H groups in total. The van der Waals surface area contributed by atoms with Gasteiger partial charge in [-0.2, -0.15) is 0 Å². The molecule has 2 aliphatic rings. The van der Waals surface area contributed by atoms with Crippen molar-refractivity contribution in [2.45, 2.75) is 5.41 Å². The zero-order valence-electron chi connectivity index (χ0n) is 35.2. The molecule has 1 spiro atoms. The van der Waals surface area contributed by atoms with Crippen molar-refractivity contribution in [3.63, 3.8) is 0 Å². The summed E-state index contributed by atoms with van der Waals surface area (Å²) in [7, 11) is 0. The number of para-hydroxylation sites is 3. The van der Waals surface area contributed by atoms with E-state index in [2.05, 4.69) is 228 Å². The van der Waals surface area contributed by atoms with E-state index in [-0.39, 0.29) is 0 Å². The largest absolute Gasteiger partial charge is 0.456 e. The maximum absolute atomic E-state index is 6.32. The second-order valence-corrected chi connectivity index (χ2v) is 18.3. The van der Waals surface area contributed by atoms with Gasteiger partial charge in [0.2, 0.25) is 0 Å². The normalized spacial score (nSPS) is 14.5. The summed E-state index contributed by atoms with van der Waals surface area (Å²) < 4.78 is 8.92. The van der Waals surface area contributed by atoms with Gasteiger partial charge in [-0.05, 0) is 130 Å². The predicted molar refractivity (Wildman–Crippen MR) is 272 cm³/mol. The molecule has 0 bridgehead atoms. The monoisotopic (exact) mass is 846 g/mol. The number of furan rings is 1. The second-order valence-electron chi connectivity index (χ2n) is 17.2. The van der Waals surface area contributed by atoms with Gasteiger partial charge in [0.15, 0.2) is 0 Å². The van der Waals surface area contributed by atoms with Crippen LogP contribution < -0.4 is 9.80 Å². The first-order valence-corrected chi connectivity index (χ1v) is 23.1. The quantitative estimate of drug-likeness (QED) is 0.166. The lowest BCUT2D eigenvalue weighted by atomic mass is 9.70. The lowest BCUT2D eigenvalue weighted by Gasteiger charge is -2.33. The maximum atomic E-state index is 6.32. The first-order chi connectivity index (χ1) is 32.2. The van der Waals surface area contributed by atoms with Crippen LogP contribution in [0.1, 0.15) is 22.3 Å². The fourth-order valence-corrected chi connectivity index (χ4v) is 12.3. The molecule has 12 aromatic rings. The SMILES string of the molecule is c1ccc(N(c2ccc3c(c2)C2(c4ccccc4-3)c3ccccc3-c3c(N(c4ccccc4)c4ccc5sc6ccccc6c5c4)cccc32)c2ccc3oc4ccccc4c3c2)cc1. The Bertz CT molecular complexity index is 3860. The van der Waals surface area contributed by atoms with Gasteiger partial charge in [-0.25, -0.2) is 0 Å². The van der Waals surface area contributed by atoms with Crippen molar-refractivity contribution in [3.05, 3.63) is 253 Å². The van der Waals surface area contributed by atoms with E-state index in [9.17, 15) is 0 Å². The van der Waals surface area contributed by atoms with E-state index in [0.29, 0.717) is 0 Å². The highest BCUT2D eigenvalue weighted by Gasteiger charge is 2.52. The number of rotatable bonds is 6. The van der Waals surface area contributed by atoms with Crippen LogP contribution in [0.2, 0.25) is 0 Å². The molecule has 10 aromatic carbocycles. The molecule has 0 radical (unpaired) electrons. The molecule has 1 unspecified atom stereocenters. The van der Waals surface area contributed by atoms with Gasteiger partial charge in [0.25, 0.3) is 0 Å².